The first-order valence-electron chi connectivity index (χ1n) is 6.79. The van der Waals surface area contributed by atoms with Crippen molar-refractivity contribution >= 4 is 5.91 Å². The van der Waals surface area contributed by atoms with Gasteiger partial charge < -0.3 is 10.1 Å². The Bertz CT molecular complexity index is 380. The number of aryl methyl sites for hydroxylation is 1. The SMILES string of the molecule is CCc1ccc(OCC(=O)NC2CCCC2)cc1. The fourth-order valence-electron chi connectivity index (χ4n) is 2.31. The van der Waals surface area contributed by atoms with Crippen molar-refractivity contribution in [3.63, 3.8) is 0 Å². The molecule has 0 aromatic heterocycles. The number of benzene rings is 1. The van der Waals surface area contributed by atoms with Crippen LogP contribution in [0.1, 0.15) is 38.2 Å². The predicted octanol–water partition coefficient (Wildman–Crippen LogP) is 2.69. The van der Waals surface area contributed by atoms with Gasteiger partial charge in [-0.05, 0) is 37.0 Å². The second-order valence-electron chi connectivity index (χ2n) is 4.84. The predicted molar refractivity (Wildman–Crippen MR) is 71.7 cm³/mol. The lowest BCUT2D eigenvalue weighted by Crippen LogP contribution is -2.36. The van der Waals surface area contributed by atoms with E-state index < -0.39 is 0 Å². The van der Waals surface area contributed by atoms with Gasteiger partial charge in [-0.25, -0.2) is 0 Å². The number of ether oxygens (including phenoxy) is 1. The third kappa shape index (κ3) is 3.76. The first kappa shape index (κ1) is 12.9. The van der Waals surface area contributed by atoms with Crippen LogP contribution in [0.2, 0.25) is 0 Å². The molecule has 0 bridgehead atoms. The maximum atomic E-state index is 11.7. The molecule has 1 aliphatic rings. The van der Waals surface area contributed by atoms with E-state index in [1.807, 2.05) is 24.3 Å². The topological polar surface area (TPSA) is 38.3 Å². The highest BCUT2D eigenvalue weighted by Gasteiger charge is 2.17. The van der Waals surface area contributed by atoms with E-state index in [-0.39, 0.29) is 12.5 Å². The quantitative estimate of drug-likeness (QED) is 0.868. The van der Waals surface area contributed by atoms with Crippen LogP contribution in [0.5, 0.6) is 5.75 Å². The lowest BCUT2D eigenvalue weighted by molar-refractivity contribution is -0.123. The fraction of sp³-hybridized carbons (Fsp3) is 0.533. The minimum Gasteiger partial charge on any atom is -0.484 e. The van der Waals surface area contributed by atoms with Gasteiger partial charge in [0.05, 0.1) is 0 Å². The molecule has 0 heterocycles. The average molecular weight is 247 g/mol. The first-order chi connectivity index (χ1) is 8.78. The van der Waals surface area contributed by atoms with Gasteiger partial charge in [0.1, 0.15) is 5.75 Å². The van der Waals surface area contributed by atoms with Crippen LogP contribution in [0.4, 0.5) is 0 Å². The smallest absolute Gasteiger partial charge is 0.258 e. The fourth-order valence-corrected chi connectivity index (χ4v) is 2.31. The largest absolute Gasteiger partial charge is 0.484 e. The molecule has 1 aromatic rings. The molecule has 0 spiro atoms. The Morgan fingerprint density at radius 1 is 1.28 bits per heavy atom. The first-order valence-corrected chi connectivity index (χ1v) is 6.79. The van der Waals surface area contributed by atoms with E-state index in [1.165, 1.54) is 18.4 Å². The Balaban J connectivity index is 1.74. The Hall–Kier alpha value is -1.51. The normalized spacial score (nSPS) is 15.6. The molecule has 3 nitrogen and oxygen atoms in total. The Morgan fingerprint density at radius 3 is 2.56 bits per heavy atom. The van der Waals surface area contributed by atoms with Crippen LogP contribution in [0.15, 0.2) is 24.3 Å². The molecule has 18 heavy (non-hydrogen) atoms. The van der Waals surface area contributed by atoms with Crippen LogP contribution in [0, 0.1) is 0 Å². The Morgan fingerprint density at radius 2 is 1.94 bits per heavy atom. The molecule has 0 atom stereocenters. The summed E-state index contributed by atoms with van der Waals surface area (Å²) in [6.07, 6.45) is 5.69. The number of hydrogen-bond donors (Lipinski definition) is 1. The maximum absolute atomic E-state index is 11.7. The lowest BCUT2D eigenvalue weighted by atomic mass is 10.2. The van der Waals surface area contributed by atoms with Crippen molar-refractivity contribution in [2.24, 2.45) is 0 Å². The number of amides is 1. The molecule has 0 radical (unpaired) electrons. The summed E-state index contributed by atoms with van der Waals surface area (Å²) in [7, 11) is 0. The molecular weight excluding hydrogens is 226 g/mol. The summed E-state index contributed by atoms with van der Waals surface area (Å²) < 4.78 is 5.47. The van der Waals surface area contributed by atoms with Crippen molar-refractivity contribution in [3.05, 3.63) is 29.8 Å². The van der Waals surface area contributed by atoms with E-state index in [9.17, 15) is 4.79 Å². The van der Waals surface area contributed by atoms with Crippen molar-refractivity contribution in [1.82, 2.24) is 5.32 Å². The van der Waals surface area contributed by atoms with Crippen molar-refractivity contribution in [2.45, 2.75) is 45.1 Å². The summed E-state index contributed by atoms with van der Waals surface area (Å²) >= 11 is 0. The maximum Gasteiger partial charge on any atom is 0.258 e. The standard InChI is InChI=1S/C15H21NO2/c1-2-12-7-9-14(10-8-12)18-11-15(17)16-13-5-3-4-6-13/h7-10,13H,2-6,11H2,1H3,(H,16,17). The highest BCUT2D eigenvalue weighted by atomic mass is 16.5. The summed E-state index contributed by atoms with van der Waals surface area (Å²) in [6.45, 7) is 2.23. The second-order valence-corrected chi connectivity index (χ2v) is 4.84. The van der Waals surface area contributed by atoms with Crippen LogP contribution < -0.4 is 10.1 Å². The Labute approximate surface area is 109 Å². The highest BCUT2D eigenvalue weighted by molar-refractivity contribution is 5.77. The van der Waals surface area contributed by atoms with Crippen LogP contribution in [-0.2, 0) is 11.2 Å². The summed E-state index contributed by atoms with van der Waals surface area (Å²) in [4.78, 5) is 11.7. The van der Waals surface area contributed by atoms with E-state index >= 15 is 0 Å². The summed E-state index contributed by atoms with van der Waals surface area (Å²) in [5, 5.41) is 3.01. The van der Waals surface area contributed by atoms with Crippen LogP contribution in [0.25, 0.3) is 0 Å². The third-order valence-corrected chi connectivity index (χ3v) is 3.42. The summed E-state index contributed by atoms with van der Waals surface area (Å²) in [5.41, 5.74) is 1.28. The number of carbonyl (C=O) groups excluding carboxylic acids is 1. The number of nitrogens with one attached hydrogen (secondary N) is 1. The summed E-state index contributed by atoms with van der Waals surface area (Å²) in [5.74, 6) is 0.746. The van der Waals surface area contributed by atoms with E-state index in [0.717, 1.165) is 25.0 Å². The van der Waals surface area contributed by atoms with Gasteiger partial charge in [-0.15, -0.1) is 0 Å². The van der Waals surface area contributed by atoms with Gasteiger partial charge in [0.25, 0.3) is 5.91 Å². The molecular formula is C15H21NO2. The van der Waals surface area contributed by atoms with Gasteiger partial charge in [0.15, 0.2) is 6.61 Å². The zero-order valence-electron chi connectivity index (χ0n) is 10.9. The molecule has 0 aliphatic heterocycles. The minimum atomic E-state index is -0.0125. The molecule has 1 amide bonds. The molecule has 0 saturated heterocycles. The Kier molecular flexibility index (Phi) is 4.62. The molecule has 1 aliphatic carbocycles. The van der Waals surface area contributed by atoms with Gasteiger partial charge >= 0.3 is 0 Å². The zero-order valence-corrected chi connectivity index (χ0v) is 10.9. The summed E-state index contributed by atoms with van der Waals surface area (Å²) in [6, 6.07) is 8.26. The molecule has 0 unspecified atom stereocenters. The number of hydrogen-bond acceptors (Lipinski definition) is 2. The molecule has 1 aromatic carbocycles. The number of rotatable bonds is 5. The molecule has 2 rings (SSSR count). The average Bonchev–Trinajstić information content (AvgIpc) is 2.90. The van der Waals surface area contributed by atoms with Crippen LogP contribution in [0.3, 0.4) is 0 Å². The molecule has 1 fully saturated rings. The van der Waals surface area contributed by atoms with E-state index in [0.29, 0.717) is 6.04 Å². The van der Waals surface area contributed by atoms with Gasteiger partial charge in [-0.2, -0.15) is 0 Å². The third-order valence-electron chi connectivity index (χ3n) is 3.42. The lowest BCUT2D eigenvalue weighted by Gasteiger charge is -2.12. The zero-order chi connectivity index (χ0) is 12.8. The van der Waals surface area contributed by atoms with Crippen molar-refractivity contribution < 1.29 is 9.53 Å². The van der Waals surface area contributed by atoms with E-state index in [4.69, 9.17) is 4.74 Å². The van der Waals surface area contributed by atoms with Crippen LogP contribution in [-0.4, -0.2) is 18.6 Å². The van der Waals surface area contributed by atoms with Gasteiger partial charge in [-0.1, -0.05) is 31.9 Å². The van der Waals surface area contributed by atoms with Crippen molar-refractivity contribution in [1.29, 1.82) is 0 Å². The van der Waals surface area contributed by atoms with Gasteiger partial charge in [0.2, 0.25) is 0 Å². The molecule has 3 heteroatoms. The van der Waals surface area contributed by atoms with Crippen LogP contribution >= 0.6 is 0 Å². The highest BCUT2D eigenvalue weighted by Crippen LogP contribution is 2.17. The van der Waals surface area contributed by atoms with Crippen molar-refractivity contribution in [3.8, 4) is 5.75 Å². The van der Waals surface area contributed by atoms with Gasteiger partial charge in [-0.3, -0.25) is 4.79 Å². The van der Waals surface area contributed by atoms with Gasteiger partial charge in [0, 0.05) is 6.04 Å². The number of carbonyl (C=O) groups is 1. The molecule has 98 valence electrons. The van der Waals surface area contributed by atoms with E-state index in [1.54, 1.807) is 0 Å². The van der Waals surface area contributed by atoms with E-state index in [2.05, 4.69) is 12.2 Å². The monoisotopic (exact) mass is 247 g/mol. The van der Waals surface area contributed by atoms with Crippen molar-refractivity contribution in [2.75, 3.05) is 6.61 Å². The molecule has 1 saturated carbocycles. The second kappa shape index (κ2) is 6.43. The molecule has 1 N–H and O–H groups in total. The minimum absolute atomic E-state index is 0.0125.